The van der Waals surface area contributed by atoms with Crippen LogP contribution in [0.15, 0.2) is 30.5 Å². The zero-order chi connectivity index (χ0) is 23.3. The van der Waals surface area contributed by atoms with E-state index in [1.54, 1.807) is 13.3 Å². The molecule has 0 aromatic carbocycles. The normalized spacial score (nSPS) is 24.6. The second-order valence-corrected chi connectivity index (χ2v) is 9.32. The highest BCUT2D eigenvalue weighted by Crippen LogP contribution is 2.32. The van der Waals surface area contributed by atoms with Gasteiger partial charge in [-0.1, -0.05) is 17.7 Å². The SMILES string of the molecule is COC1CC(Nc2cc(-c3cccc(NCC4(C#N)CCOCC4)n3)c(Cl)cn2)CCC1N. The highest BCUT2D eigenvalue weighted by atomic mass is 35.5. The number of nitrogens with two attached hydrogens (primary N) is 1. The van der Waals surface area contributed by atoms with Crippen molar-refractivity contribution in [1.82, 2.24) is 9.97 Å². The molecule has 0 bridgehead atoms. The van der Waals surface area contributed by atoms with Crippen LogP contribution in [0.3, 0.4) is 0 Å². The van der Waals surface area contributed by atoms with Crippen LogP contribution in [-0.4, -0.2) is 55.0 Å². The minimum absolute atomic E-state index is 0.0416. The fourth-order valence-electron chi connectivity index (χ4n) is 4.51. The van der Waals surface area contributed by atoms with Gasteiger partial charge in [-0.15, -0.1) is 0 Å². The third-order valence-corrected chi connectivity index (χ3v) is 6.97. The van der Waals surface area contributed by atoms with Crippen LogP contribution in [0, 0.1) is 16.7 Å². The molecule has 2 aliphatic rings. The predicted octanol–water partition coefficient (Wildman–Crippen LogP) is 3.84. The van der Waals surface area contributed by atoms with E-state index in [1.165, 1.54) is 0 Å². The second kappa shape index (κ2) is 10.7. The molecule has 2 fully saturated rings. The Hall–Kier alpha value is -2.44. The van der Waals surface area contributed by atoms with Gasteiger partial charge in [0.15, 0.2) is 0 Å². The van der Waals surface area contributed by atoms with Gasteiger partial charge < -0.3 is 25.8 Å². The van der Waals surface area contributed by atoms with Gasteiger partial charge in [0.25, 0.3) is 0 Å². The lowest BCUT2D eigenvalue weighted by Crippen LogP contribution is -2.45. The topological polar surface area (TPSA) is 118 Å². The van der Waals surface area contributed by atoms with Gasteiger partial charge in [0.2, 0.25) is 0 Å². The average molecular weight is 471 g/mol. The molecule has 1 saturated heterocycles. The minimum Gasteiger partial charge on any atom is -0.381 e. The van der Waals surface area contributed by atoms with Crippen molar-refractivity contribution < 1.29 is 9.47 Å². The zero-order valence-electron chi connectivity index (χ0n) is 18.9. The fraction of sp³-hybridized carbons (Fsp3) is 0.542. The Morgan fingerprint density at radius 2 is 2.12 bits per heavy atom. The molecule has 9 heteroatoms. The van der Waals surface area contributed by atoms with Gasteiger partial charge >= 0.3 is 0 Å². The first-order valence-corrected chi connectivity index (χ1v) is 11.8. The number of anilines is 2. The van der Waals surface area contributed by atoms with Crippen molar-refractivity contribution in [1.29, 1.82) is 5.26 Å². The molecule has 0 amide bonds. The number of pyridine rings is 2. The highest BCUT2D eigenvalue weighted by Gasteiger charge is 2.32. The summed E-state index contributed by atoms with van der Waals surface area (Å²) in [6, 6.07) is 10.5. The van der Waals surface area contributed by atoms with E-state index in [1.807, 2.05) is 24.3 Å². The van der Waals surface area contributed by atoms with Gasteiger partial charge in [-0.25, -0.2) is 9.97 Å². The molecule has 176 valence electrons. The summed E-state index contributed by atoms with van der Waals surface area (Å²) in [6.45, 7) is 1.76. The summed E-state index contributed by atoms with van der Waals surface area (Å²) in [5.74, 6) is 1.45. The van der Waals surface area contributed by atoms with Gasteiger partial charge in [0.05, 0.1) is 28.3 Å². The predicted molar refractivity (Wildman–Crippen MR) is 129 cm³/mol. The van der Waals surface area contributed by atoms with Crippen molar-refractivity contribution in [2.75, 3.05) is 37.5 Å². The van der Waals surface area contributed by atoms with Gasteiger partial charge in [-0.2, -0.15) is 5.26 Å². The summed E-state index contributed by atoms with van der Waals surface area (Å²) < 4.78 is 10.9. The van der Waals surface area contributed by atoms with Crippen molar-refractivity contribution in [3.8, 4) is 17.3 Å². The van der Waals surface area contributed by atoms with Crippen molar-refractivity contribution in [3.05, 3.63) is 35.5 Å². The Labute approximate surface area is 199 Å². The first-order valence-electron chi connectivity index (χ1n) is 11.4. The van der Waals surface area contributed by atoms with Gasteiger partial charge in [0.1, 0.15) is 11.6 Å². The lowest BCUT2D eigenvalue weighted by atomic mass is 9.82. The Morgan fingerprint density at radius 3 is 2.88 bits per heavy atom. The maximum Gasteiger partial charge on any atom is 0.126 e. The maximum atomic E-state index is 9.69. The molecule has 3 atom stereocenters. The zero-order valence-corrected chi connectivity index (χ0v) is 19.6. The summed E-state index contributed by atoms with van der Waals surface area (Å²) >= 11 is 6.49. The van der Waals surface area contributed by atoms with Crippen molar-refractivity contribution in [2.45, 2.75) is 50.3 Å². The van der Waals surface area contributed by atoms with E-state index < -0.39 is 5.41 Å². The van der Waals surface area contributed by atoms with Crippen LogP contribution < -0.4 is 16.4 Å². The molecule has 4 N–H and O–H groups in total. The van der Waals surface area contributed by atoms with Crippen molar-refractivity contribution in [2.24, 2.45) is 11.1 Å². The number of aromatic nitrogens is 2. The van der Waals surface area contributed by atoms with Crippen molar-refractivity contribution >= 4 is 23.2 Å². The van der Waals surface area contributed by atoms with Crippen LogP contribution in [0.2, 0.25) is 5.02 Å². The molecular weight excluding hydrogens is 440 g/mol. The van der Waals surface area contributed by atoms with Gasteiger partial charge in [-0.3, -0.25) is 0 Å². The Kier molecular flexibility index (Phi) is 7.66. The largest absolute Gasteiger partial charge is 0.381 e. The molecule has 1 aliphatic carbocycles. The third kappa shape index (κ3) is 5.74. The Morgan fingerprint density at radius 1 is 1.30 bits per heavy atom. The summed E-state index contributed by atoms with van der Waals surface area (Å²) in [5, 5.41) is 17.1. The third-order valence-electron chi connectivity index (χ3n) is 6.67. The number of nitrogens with one attached hydrogen (secondary N) is 2. The van der Waals surface area contributed by atoms with Crippen LogP contribution in [0.25, 0.3) is 11.3 Å². The van der Waals surface area contributed by atoms with Gasteiger partial charge in [0, 0.05) is 50.7 Å². The first-order chi connectivity index (χ1) is 16.0. The molecule has 8 nitrogen and oxygen atoms in total. The number of hydrogen-bond donors (Lipinski definition) is 3. The number of halogens is 1. The van der Waals surface area contributed by atoms with E-state index in [-0.39, 0.29) is 18.2 Å². The monoisotopic (exact) mass is 470 g/mol. The Balaban J connectivity index is 1.47. The molecule has 3 unspecified atom stereocenters. The number of hydrogen-bond acceptors (Lipinski definition) is 8. The lowest BCUT2D eigenvalue weighted by Gasteiger charge is -2.33. The van der Waals surface area contributed by atoms with E-state index in [0.717, 1.165) is 49.2 Å². The first kappa shape index (κ1) is 23.7. The minimum atomic E-state index is -0.427. The average Bonchev–Trinajstić information content (AvgIpc) is 2.86. The Bertz CT molecular complexity index is 991. The van der Waals surface area contributed by atoms with Crippen LogP contribution in [0.5, 0.6) is 0 Å². The summed E-state index contributed by atoms with van der Waals surface area (Å²) in [6.07, 6.45) is 5.83. The quantitative estimate of drug-likeness (QED) is 0.558. The molecular formula is C24H31ClN6O2. The number of ether oxygens (including phenoxy) is 2. The van der Waals surface area contributed by atoms with E-state index in [2.05, 4.69) is 21.7 Å². The molecule has 3 heterocycles. The summed E-state index contributed by atoms with van der Waals surface area (Å²) in [4.78, 5) is 9.21. The van der Waals surface area contributed by atoms with E-state index in [4.69, 9.17) is 31.8 Å². The van der Waals surface area contributed by atoms with Crippen LogP contribution >= 0.6 is 11.6 Å². The van der Waals surface area contributed by atoms with Gasteiger partial charge in [-0.05, 0) is 50.3 Å². The van der Waals surface area contributed by atoms with Crippen LogP contribution in [0.1, 0.15) is 32.1 Å². The maximum absolute atomic E-state index is 9.69. The van der Waals surface area contributed by atoms with E-state index in [0.29, 0.717) is 30.6 Å². The number of rotatable bonds is 7. The van der Waals surface area contributed by atoms with E-state index in [9.17, 15) is 5.26 Å². The van der Waals surface area contributed by atoms with Crippen LogP contribution in [-0.2, 0) is 9.47 Å². The molecule has 4 rings (SSSR count). The summed E-state index contributed by atoms with van der Waals surface area (Å²) in [5.41, 5.74) is 7.26. The molecule has 1 saturated carbocycles. The highest BCUT2D eigenvalue weighted by molar-refractivity contribution is 6.33. The second-order valence-electron chi connectivity index (χ2n) is 8.91. The standard InChI is InChI=1S/C24H31ClN6O2/c1-32-21-11-16(5-6-19(21)27)30-23-12-17(18(25)13-28-23)20-3-2-4-22(31-20)29-15-24(14-26)7-9-33-10-8-24/h2-4,12-13,16,19,21H,5-11,15,27H2,1H3,(H,28,30)(H,29,31). The smallest absolute Gasteiger partial charge is 0.126 e. The molecule has 0 radical (unpaired) electrons. The molecule has 2 aromatic rings. The summed E-state index contributed by atoms with van der Waals surface area (Å²) in [7, 11) is 1.71. The van der Waals surface area contributed by atoms with Crippen molar-refractivity contribution in [3.63, 3.8) is 0 Å². The number of methoxy groups -OCH3 is 1. The molecule has 2 aromatic heterocycles. The molecule has 33 heavy (non-hydrogen) atoms. The number of nitrogens with zero attached hydrogens (tertiary/aromatic N) is 3. The lowest BCUT2D eigenvalue weighted by molar-refractivity contribution is 0.0455. The number of nitriles is 1. The molecule has 1 aliphatic heterocycles. The van der Waals surface area contributed by atoms with E-state index >= 15 is 0 Å². The molecule has 0 spiro atoms. The van der Waals surface area contributed by atoms with Crippen LogP contribution in [0.4, 0.5) is 11.6 Å². The fourth-order valence-corrected chi connectivity index (χ4v) is 4.71.